The van der Waals surface area contributed by atoms with Crippen LogP contribution in [-0.4, -0.2) is 53.6 Å². The smallest absolute Gasteiger partial charge is 0.223 e. The first-order valence-electron chi connectivity index (χ1n) is 7.53. The third-order valence-electron chi connectivity index (χ3n) is 4.21. The number of aliphatic hydroxyl groups excluding tert-OH is 1. The summed E-state index contributed by atoms with van der Waals surface area (Å²) in [4.78, 5) is 15.3. The Morgan fingerprint density at radius 2 is 2.18 bits per heavy atom. The second-order valence-corrected chi connectivity index (χ2v) is 5.72. The van der Waals surface area contributed by atoms with E-state index in [2.05, 4.69) is 0 Å². The highest BCUT2D eigenvalue weighted by Crippen LogP contribution is 2.34. The number of benzene rings is 1. The number of carbonyl (C=O) groups excluding carboxylic acids is 1. The van der Waals surface area contributed by atoms with E-state index in [9.17, 15) is 18.7 Å². The van der Waals surface area contributed by atoms with Crippen LogP contribution in [0.5, 0.6) is 0 Å². The molecule has 4 nitrogen and oxygen atoms in total. The topological polar surface area (TPSA) is 43.8 Å². The maximum absolute atomic E-state index is 14.0. The van der Waals surface area contributed by atoms with Crippen molar-refractivity contribution < 1.29 is 18.7 Å². The van der Waals surface area contributed by atoms with Gasteiger partial charge in [-0.2, -0.15) is 0 Å². The van der Waals surface area contributed by atoms with Crippen LogP contribution in [0.15, 0.2) is 18.2 Å². The van der Waals surface area contributed by atoms with E-state index in [1.165, 1.54) is 6.07 Å². The Balaban J connectivity index is 2.09. The Labute approximate surface area is 129 Å². The molecule has 6 heteroatoms. The molecule has 0 aliphatic carbocycles. The molecule has 22 heavy (non-hydrogen) atoms. The number of likely N-dealkylation sites (tertiary alicyclic amines) is 1. The third kappa shape index (κ3) is 3.81. The van der Waals surface area contributed by atoms with E-state index in [1.54, 1.807) is 11.9 Å². The monoisotopic (exact) mass is 312 g/mol. The number of rotatable bonds is 5. The van der Waals surface area contributed by atoms with Gasteiger partial charge in [-0.05, 0) is 31.5 Å². The molecule has 1 aromatic rings. The van der Waals surface area contributed by atoms with E-state index in [0.29, 0.717) is 32.5 Å². The average molecular weight is 312 g/mol. The Morgan fingerprint density at radius 1 is 1.45 bits per heavy atom. The summed E-state index contributed by atoms with van der Waals surface area (Å²) in [6.07, 6.45) is 0.0505. The van der Waals surface area contributed by atoms with Crippen molar-refractivity contribution in [1.29, 1.82) is 0 Å². The molecule has 0 radical (unpaired) electrons. The molecule has 0 bridgehead atoms. The van der Waals surface area contributed by atoms with Crippen molar-refractivity contribution in [2.75, 3.05) is 26.7 Å². The van der Waals surface area contributed by atoms with Gasteiger partial charge < -0.3 is 10.0 Å². The molecular weight excluding hydrogens is 290 g/mol. The summed E-state index contributed by atoms with van der Waals surface area (Å²) < 4.78 is 27.3. The summed E-state index contributed by atoms with van der Waals surface area (Å²) in [7, 11) is 1.73. The summed E-state index contributed by atoms with van der Waals surface area (Å²) in [5.41, 5.74) is 0.243. The van der Waals surface area contributed by atoms with Gasteiger partial charge in [0.05, 0.1) is 6.10 Å². The van der Waals surface area contributed by atoms with Crippen LogP contribution in [0.3, 0.4) is 0 Å². The molecule has 1 fully saturated rings. The number of nitrogens with zero attached hydrogens (tertiary/aromatic N) is 2. The zero-order valence-electron chi connectivity index (χ0n) is 12.9. The fourth-order valence-electron chi connectivity index (χ4n) is 2.83. The molecule has 1 amide bonds. The fraction of sp³-hybridized carbons (Fsp3) is 0.562. The van der Waals surface area contributed by atoms with Gasteiger partial charge in [0.2, 0.25) is 5.91 Å². The van der Waals surface area contributed by atoms with Crippen molar-refractivity contribution >= 4 is 5.91 Å². The lowest BCUT2D eigenvalue weighted by Gasteiger charge is -2.25. The molecule has 1 saturated heterocycles. The summed E-state index contributed by atoms with van der Waals surface area (Å²) in [5, 5.41) is 9.86. The molecule has 0 unspecified atom stereocenters. The third-order valence-corrected chi connectivity index (χ3v) is 4.21. The van der Waals surface area contributed by atoms with Crippen LogP contribution in [0.4, 0.5) is 8.78 Å². The highest BCUT2D eigenvalue weighted by Gasteiger charge is 2.33. The van der Waals surface area contributed by atoms with Crippen LogP contribution in [-0.2, 0) is 4.79 Å². The normalized spacial score (nSPS) is 22.0. The summed E-state index contributed by atoms with van der Waals surface area (Å²) in [6.45, 7) is 3.30. The SMILES string of the molecule is CCN(C)C(=O)CCN1C[C@@H](O)C[C@@H]1c1cc(F)ccc1F. The molecule has 1 N–H and O–H groups in total. The van der Waals surface area contributed by atoms with Gasteiger partial charge in [-0.1, -0.05) is 0 Å². The van der Waals surface area contributed by atoms with Crippen molar-refractivity contribution in [1.82, 2.24) is 9.80 Å². The maximum Gasteiger partial charge on any atom is 0.223 e. The molecule has 1 aliphatic rings. The standard InChI is InChI=1S/C16H22F2N2O2/c1-3-19(2)16(22)6-7-20-10-12(21)9-15(20)13-8-11(17)4-5-14(13)18/h4-5,8,12,15,21H,3,6-7,9-10H2,1-2H3/t12-,15+/m0/s1. The van der Waals surface area contributed by atoms with E-state index in [0.717, 1.165) is 12.1 Å². The number of halogens is 2. The molecule has 1 aliphatic heterocycles. The number of aliphatic hydroxyl groups is 1. The van der Waals surface area contributed by atoms with Crippen LogP contribution in [0.2, 0.25) is 0 Å². The first-order valence-corrected chi connectivity index (χ1v) is 7.53. The van der Waals surface area contributed by atoms with Crippen molar-refractivity contribution in [3.05, 3.63) is 35.4 Å². The van der Waals surface area contributed by atoms with Crippen LogP contribution < -0.4 is 0 Å². The summed E-state index contributed by atoms with van der Waals surface area (Å²) in [6, 6.07) is 2.95. The predicted octanol–water partition coefficient (Wildman–Crippen LogP) is 1.94. The molecule has 0 aromatic heterocycles. The number of hydrogen-bond donors (Lipinski definition) is 1. The number of β-amino-alcohol motifs (C(OH)–C–C–N with tert-alkyl or cyclic N) is 1. The number of carbonyl (C=O) groups is 1. The van der Waals surface area contributed by atoms with Crippen molar-refractivity contribution in [3.8, 4) is 0 Å². The van der Waals surface area contributed by atoms with Gasteiger partial charge >= 0.3 is 0 Å². The minimum Gasteiger partial charge on any atom is -0.392 e. The van der Waals surface area contributed by atoms with Gasteiger partial charge in [-0.3, -0.25) is 9.69 Å². The van der Waals surface area contributed by atoms with Crippen LogP contribution in [0, 0.1) is 11.6 Å². The Kier molecular flexibility index (Phi) is 5.47. The van der Waals surface area contributed by atoms with Crippen LogP contribution >= 0.6 is 0 Å². The number of hydrogen-bond acceptors (Lipinski definition) is 3. The molecule has 0 saturated carbocycles. The first kappa shape index (κ1) is 16.8. The van der Waals surface area contributed by atoms with E-state index in [4.69, 9.17) is 0 Å². The summed E-state index contributed by atoms with van der Waals surface area (Å²) in [5.74, 6) is -0.982. The van der Waals surface area contributed by atoms with Crippen molar-refractivity contribution in [2.45, 2.75) is 31.9 Å². The summed E-state index contributed by atoms with van der Waals surface area (Å²) >= 11 is 0. The zero-order chi connectivity index (χ0) is 16.3. The predicted molar refractivity (Wildman–Crippen MR) is 79.2 cm³/mol. The molecule has 1 heterocycles. The van der Waals surface area contributed by atoms with E-state index < -0.39 is 23.8 Å². The van der Waals surface area contributed by atoms with Crippen LogP contribution in [0.25, 0.3) is 0 Å². The molecular formula is C16H22F2N2O2. The fourth-order valence-corrected chi connectivity index (χ4v) is 2.83. The van der Waals surface area contributed by atoms with Gasteiger partial charge in [0.25, 0.3) is 0 Å². The van der Waals surface area contributed by atoms with E-state index in [-0.39, 0.29) is 11.5 Å². The van der Waals surface area contributed by atoms with Gasteiger partial charge in [-0.15, -0.1) is 0 Å². The Hall–Kier alpha value is -1.53. The Bertz CT molecular complexity index is 539. The van der Waals surface area contributed by atoms with Crippen molar-refractivity contribution in [3.63, 3.8) is 0 Å². The minimum absolute atomic E-state index is 0.00218. The first-order chi connectivity index (χ1) is 10.4. The lowest BCUT2D eigenvalue weighted by molar-refractivity contribution is -0.130. The van der Waals surface area contributed by atoms with E-state index in [1.807, 2.05) is 11.8 Å². The lowest BCUT2D eigenvalue weighted by Crippen LogP contribution is -2.32. The van der Waals surface area contributed by atoms with Gasteiger partial charge in [-0.25, -0.2) is 8.78 Å². The maximum atomic E-state index is 14.0. The number of amides is 1. The molecule has 1 aromatic carbocycles. The van der Waals surface area contributed by atoms with Gasteiger partial charge in [0, 0.05) is 44.7 Å². The van der Waals surface area contributed by atoms with Gasteiger partial charge in [0.1, 0.15) is 11.6 Å². The molecule has 0 spiro atoms. The Morgan fingerprint density at radius 3 is 2.86 bits per heavy atom. The largest absolute Gasteiger partial charge is 0.392 e. The van der Waals surface area contributed by atoms with E-state index >= 15 is 0 Å². The van der Waals surface area contributed by atoms with Gasteiger partial charge in [0.15, 0.2) is 0 Å². The van der Waals surface area contributed by atoms with Crippen molar-refractivity contribution in [2.24, 2.45) is 0 Å². The zero-order valence-corrected chi connectivity index (χ0v) is 12.9. The average Bonchev–Trinajstić information content (AvgIpc) is 2.87. The molecule has 2 rings (SSSR count). The molecule has 122 valence electrons. The lowest BCUT2D eigenvalue weighted by atomic mass is 10.0. The highest BCUT2D eigenvalue weighted by molar-refractivity contribution is 5.76. The molecule has 2 atom stereocenters. The second-order valence-electron chi connectivity index (χ2n) is 5.72. The quantitative estimate of drug-likeness (QED) is 0.904. The second kappa shape index (κ2) is 7.15. The highest BCUT2D eigenvalue weighted by atomic mass is 19.1. The minimum atomic E-state index is -0.591. The van der Waals surface area contributed by atoms with Crippen LogP contribution in [0.1, 0.15) is 31.4 Å².